The van der Waals surface area contributed by atoms with Crippen LogP contribution in [0.25, 0.3) is 0 Å². The number of nitrogens with zero attached hydrogens (tertiary/aromatic N) is 1. The van der Waals surface area contributed by atoms with E-state index in [4.69, 9.17) is 10.5 Å². The highest BCUT2D eigenvalue weighted by molar-refractivity contribution is 5.93. The zero-order valence-corrected chi connectivity index (χ0v) is 9.68. The Balaban J connectivity index is 2.14. The Kier molecular flexibility index (Phi) is 3.76. The molecule has 1 aromatic rings. The van der Waals surface area contributed by atoms with Crippen LogP contribution in [0.2, 0.25) is 0 Å². The van der Waals surface area contributed by atoms with Crippen molar-refractivity contribution in [1.29, 1.82) is 0 Å². The first-order valence-corrected chi connectivity index (χ1v) is 5.68. The molecule has 0 aliphatic carbocycles. The maximum atomic E-state index is 14.1. The van der Waals surface area contributed by atoms with Gasteiger partial charge in [0.2, 0.25) is 12.3 Å². The normalized spacial score (nSPS) is 23.7. The van der Waals surface area contributed by atoms with E-state index < -0.39 is 18.3 Å². The van der Waals surface area contributed by atoms with E-state index in [1.54, 1.807) is 0 Å². The molecule has 1 amide bonds. The van der Waals surface area contributed by atoms with Gasteiger partial charge in [0.05, 0.1) is 18.3 Å². The van der Waals surface area contributed by atoms with Gasteiger partial charge in [-0.1, -0.05) is 10.5 Å². The molecule has 2 N–H and O–H groups in total. The fourth-order valence-corrected chi connectivity index (χ4v) is 1.94. The zero-order chi connectivity index (χ0) is 13.1. The maximum Gasteiger partial charge on any atom is 0.248 e. The summed E-state index contributed by atoms with van der Waals surface area (Å²) in [4.78, 5) is 11.0. The van der Waals surface area contributed by atoms with E-state index >= 15 is 0 Å². The Hall–Kier alpha value is -1.69. The van der Waals surface area contributed by atoms with Crippen LogP contribution in [0.3, 0.4) is 0 Å². The van der Waals surface area contributed by atoms with Crippen LogP contribution in [0.4, 0.5) is 14.6 Å². The standard InChI is InChI=1S/C12H14F2N2O2/c13-11-7-10(4-5-18-11)16(14)9-3-1-2-8(6-9)12(15)17/h1-3,6,10-11H,4-5,7H2,(H2,15,17). The quantitative estimate of drug-likeness (QED) is 0.841. The Morgan fingerprint density at radius 2 is 2.28 bits per heavy atom. The minimum Gasteiger partial charge on any atom is -0.366 e. The van der Waals surface area contributed by atoms with Crippen molar-refractivity contribution < 1.29 is 18.4 Å². The van der Waals surface area contributed by atoms with E-state index in [0.29, 0.717) is 11.5 Å². The highest BCUT2D eigenvalue weighted by Gasteiger charge is 2.28. The molecular weight excluding hydrogens is 242 g/mol. The van der Waals surface area contributed by atoms with Gasteiger partial charge in [-0.2, -0.15) is 0 Å². The first-order chi connectivity index (χ1) is 8.58. The third-order valence-electron chi connectivity index (χ3n) is 2.91. The summed E-state index contributed by atoms with van der Waals surface area (Å²) < 4.78 is 31.8. The predicted octanol–water partition coefficient (Wildman–Crippen LogP) is 1.95. The molecule has 1 fully saturated rings. The minimum absolute atomic E-state index is 0.0305. The summed E-state index contributed by atoms with van der Waals surface area (Å²) in [6.07, 6.45) is -1.07. The number of primary amides is 1. The van der Waals surface area contributed by atoms with Crippen LogP contribution in [0.5, 0.6) is 0 Å². The zero-order valence-electron chi connectivity index (χ0n) is 9.68. The molecule has 6 heteroatoms. The lowest BCUT2D eigenvalue weighted by molar-refractivity contribution is -0.0784. The van der Waals surface area contributed by atoms with Crippen molar-refractivity contribution in [1.82, 2.24) is 0 Å². The molecular formula is C12H14F2N2O2. The molecule has 1 aliphatic rings. The summed E-state index contributed by atoms with van der Waals surface area (Å²) in [5, 5.41) is 0.474. The Labute approximate surface area is 103 Å². The summed E-state index contributed by atoms with van der Waals surface area (Å²) in [5.41, 5.74) is 5.54. The Bertz CT molecular complexity index is 442. The lowest BCUT2D eigenvalue weighted by atomic mass is 10.1. The SMILES string of the molecule is NC(=O)c1cccc(N(F)C2CCOC(F)C2)c1. The number of carbonyl (C=O) groups excluding carboxylic acids is 1. The predicted molar refractivity (Wildman–Crippen MR) is 62.4 cm³/mol. The van der Waals surface area contributed by atoms with E-state index in [1.165, 1.54) is 24.3 Å². The van der Waals surface area contributed by atoms with Crippen molar-refractivity contribution in [3.63, 3.8) is 0 Å². The molecule has 98 valence electrons. The lowest BCUT2D eigenvalue weighted by Crippen LogP contribution is -2.36. The van der Waals surface area contributed by atoms with Crippen molar-refractivity contribution in [2.24, 2.45) is 5.73 Å². The van der Waals surface area contributed by atoms with Crippen molar-refractivity contribution in [2.75, 3.05) is 11.7 Å². The van der Waals surface area contributed by atoms with Crippen molar-refractivity contribution in [3.8, 4) is 0 Å². The highest BCUT2D eigenvalue weighted by Crippen LogP contribution is 2.26. The van der Waals surface area contributed by atoms with Gasteiger partial charge in [-0.15, -0.1) is 0 Å². The Morgan fingerprint density at radius 3 is 2.94 bits per heavy atom. The molecule has 1 heterocycles. The molecule has 1 saturated heterocycles. The van der Waals surface area contributed by atoms with Crippen LogP contribution in [0.15, 0.2) is 24.3 Å². The number of ether oxygens (including phenoxy) is 1. The average molecular weight is 256 g/mol. The van der Waals surface area contributed by atoms with Crippen LogP contribution in [-0.2, 0) is 4.74 Å². The summed E-state index contributed by atoms with van der Waals surface area (Å²) in [6.45, 7) is 0.182. The van der Waals surface area contributed by atoms with E-state index in [0.717, 1.165) is 0 Å². The number of rotatable bonds is 3. The average Bonchev–Trinajstić information content (AvgIpc) is 2.38. The van der Waals surface area contributed by atoms with E-state index in [1.807, 2.05) is 0 Å². The van der Waals surface area contributed by atoms with Crippen LogP contribution >= 0.6 is 0 Å². The molecule has 1 aliphatic heterocycles. The second-order valence-corrected chi connectivity index (χ2v) is 4.18. The number of benzene rings is 1. The van der Waals surface area contributed by atoms with Gasteiger partial charge in [-0.3, -0.25) is 4.79 Å². The molecule has 0 bridgehead atoms. The third-order valence-corrected chi connectivity index (χ3v) is 2.91. The molecule has 0 saturated carbocycles. The summed E-state index contributed by atoms with van der Waals surface area (Å²) in [7, 11) is 0. The van der Waals surface area contributed by atoms with Gasteiger partial charge in [0.15, 0.2) is 0 Å². The monoisotopic (exact) mass is 256 g/mol. The first kappa shape index (κ1) is 12.8. The lowest BCUT2D eigenvalue weighted by Gasteiger charge is -2.30. The maximum absolute atomic E-state index is 14.1. The molecule has 2 atom stereocenters. The minimum atomic E-state index is -1.44. The Morgan fingerprint density at radius 1 is 1.50 bits per heavy atom. The molecule has 4 nitrogen and oxygen atoms in total. The van der Waals surface area contributed by atoms with Crippen molar-refractivity contribution >= 4 is 11.6 Å². The highest BCUT2D eigenvalue weighted by atomic mass is 19.2. The summed E-state index contributed by atoms with van der Waals surface area (Å²) in [6, 6.07) is 5.31. The molecule has 2 unspecified atom stereocenters. The van der Waals surface area contributed by atoms with Gasteiger partial charge >= 0.3 is 0 Å². The van der Waals surface area contributed by atoms with Gasteiger partial charge in [0.25, 0.3) is 0 Å². The molecule has 0 aromatic heterocycles. The second kappa shape index (κ2) is 5.30. The number of carbonyl (C=O) groups is 1. The molecule has 0 spiro atoms. The molecule has 1 aromatic carbocycles. The van der Waals surface area contributed by atoms with Gasteiger partial charge in [-0.05, 0) is 24.6 Å². The summed E-state index contributed by atoms with van der Waals surface area (Å²) >= 11 is 0. The number of alkyl halides is 1. The van der Waals surface area contributed by atoms with Gasteiger partial charge in [0, 0.05) is 12.0 Å². The van der Waals surface area contributed by atoms with Crippen LogP contribution < -0.4 is 10.9 Å². The molecule has 0 radical (unpaired) electrons. The topological polar surface area (TPSA) is 55.6 Å². The second-order valence-electron chi connectivity index (χ2n) is 4.18. The van der Waals surface area contributed by atoms with Crippen LogP contribution in [0.1, 0.15) is 23.2 Å². The fourth-order valence-electron chi connectivity index (χ4n) is 1.94. The fraction of sp³-hybridized carbons (Fsp3) is 0.417. The van der Waals surface area contributed by atoms with E-state index in [-0.39, 0.29) is 24.3 Å². The molecule has 2 rings (SSSR count). The summed E-state index contributed by atoms with van der Waals surface area (Å²) in [5.74, 6) is -0.624. The van der Waals surface area contributed by atoms with Gasteiger partial charge in [0.1, 0.15) is 0 Å². The first-order valence-electron chi connectivity index (χ1n) is 5.68. The van der Waals surface area contributed by atoms with Crippen LogP contribution in [-0.4, -0.2) is 24.9 Å². The van der Waals surface area contributed by atoms with Crippen molar-refractivity contribution in [3.05, 3.63) is 29.8 Å². The smallest absolute Gasteiger partial charge is 0.248 e. The van der Waals surface area contributed by atoms with Crippen LogP contribution in [0, 0.1) is 0 Å². The van der Waals surface area contributed by atoms with Gasteiger partial charge < -0.3 is 10.5 Å². The number of nitrogens with two attached hydrogens (primary N) is 1. The van der Waals surface area contributed by atoms with E-state index in [2.05, 4.69) is 0 Å². The number of anilines is 1. The number of halogens is 2. The molecule has 18 heavy (non-hydrogen) atoms. The van der Waals surface area contributed by atoms with Crippen molar-refractivity contribution in [2.45, 2.75) is 25.2 Å². The third kappa shape index (κ3) is 2.76. The number of hydrogen-bond donors (Lipinski definition) is 1. The number of hydrogen-bond acceptors (Lipinski definition) is 3. The van der Waals surface area contributed by atoms with E-state index in [9.17, 15) is 13.7 Å². The largest absolute Gasteiger partial charge is 0.366 e. The van der Waals surface area contributed by atoms with Gasteiger partial charge in [-0.25, -0.2) is 9.51 Å². The number of amides is 1.